The number of benzene rings is 1. The highest BCUT2D eigenvalue weighted by Gasteiger charge is 2.14. The molecule has 0 saturated heterocycles. The maximum absolute atomic E-state index is 11.8. The molecule has 1 aliphatic heterocycles. The van der Waals surface area contributed by atoms with Crippen molar-refractivity contribution >= 4 is 17.6 Å². The second-order valence-electron chi connectivity index (χ2n) is 4.57. The molecule has 118 valence electrons. The van der Waals surface area contributed by atoms with Crippen LogP contribution in [0.3, 0.4) is 0 Å². The first kappa shape index (κ1) is 14.8. The molecular formula is C15H13N3O5. The van der Waals surface area contributed by atoms with Crippen LogP contribution < -0.4 is 14.8 Å². The Hall–Kier alpha value is -3.16. The van der Waals surface area contributed by atoms with Gasteiger partial charge in [-0.3, -0.25) is 9.78 Å². The number of aromatic nitrogens is 2. The minimum Gasteiger partial charge on any atom is -0.486 e. The normalized spacial score (nSPS) is 12.3. The van der Waals surface area contributed by atoms with Crippen molar-refractivity contribution in [1.82, 2.24) is 9.97 Å². The van der Waals surface area contributed by atoms with Crippen LogP contribution in [0.2, 0.25) is 0 Å². The first-order valence-corrected chi connectivity index (χ1v) is 6.85. The first-order chi connectivity index (χ1) is 11.2. The molecule has 1 aromatic heterocycles. The number of esters is 1. The minimum absolute atomic E-state index is 0.0413. The summed E-state index contributed by atoms with van der Waals surface area (Å²) in [5, 5.41) is 2.61. The molecule has 2 heterocycles. The number of carbonyl (C=O) groups excluding carboxylic acids is 2. The van der Waals surface area contributed by atoms with E-state index in [0.717, 1.165) is 0 Å². The number of fused-ring (bicyclic) bond motifs is 1. The molecule has 0 atom stereocenters. The van der Waals surface area contributed by atoms with E-state index in [9.17, 15) is 9.59 Å². The minimum atomic E-state index is -0.713. The van der Waals surface area contributed by atoms with E-state index in [1.807, 2.05) is 0 Å². The average Bonchev–Trinajstić information content (AvgIpc) is 2.60. The molecule has 8 nitrogen and oxygen atoms in total. The smallest absolute Gasteiger partial charge is 0.359 e. The van der Waals surface area contributed by atoms with Crippen LogP contribution in [0.15, 0.2) is 36.8 Å². The highest BCUT2D eigenvalue weighted by molar-refractivity contribution is 5.94. The van der Waals surface area contributed by atoms with Gasteiger partial charge in [0.25, 0.3) is 5.91 Å². The van der Waals surface area contributed by atoms with Gasteiger partial charge < -0.3 is 19.5 Å². The number of hydrogen-bond acceptors (Lipinski definition) is 7. The number of carbonyl (C=O) groups is 2. The second-order valence-corrected chi connectivity index (χ2v) is 4.57. The number of ether oxygens (including phenoxy) is 3. The van der Waals surface area contributed by atoms with Gasteiger partial charge in [0.15, 0.2) is 23.8 Å². The van der Waals surface area contributed by atoms with Gasteiger partial charge in [0.2, 0.25) is 0 Å². The third-order valence-electron chi connectivity index (χ3n) is 2.93. The molecule has 0 bridgehead atoms. The molecule has 1 aromatic carbocycles. The summed E-state index contributed by atoms with van der Waals surface area (Å²) in [4.78, 5) is 31.0. The Labute approximate surface area is 131 Å². The van der Waals surface area contributed by atoms with Crippen LogP contribution in [0, 0.1) is 0 Å². The van der Waals surface area contributed by atoms with Crippen molar-refractivity contribution in [2.75, 3.05) is 25.1 Å². The molecule has 1 amide bonds. The van der Waals surface area contributed by atoms with Crippen LogP contribution in [-0.4, -0.2) is 41.7 Å². The van der Waals surface area contributed by atoms with E-state index in [4.69, 9.17) is 14.2 Å². The van der Waals surface area contributed by atoms with Gasteiger partial charge in [0.1, 0.15) is 13.2 Å². The molecule has 0 unspecified atom stereocenters. The molecule has 0 aliphatic carbocycles. The molecule has 0 fully saturated rings. The third kappa shape index (κ3) is 3.73. The summed E-state index contributed by atoms with van der Waals surface area (Å²) >= 11 is 0. The molecule has 0 spiro atoms. The van der Waals surface area contributed by atoms with Crippen molar-refractivity contribution in [3.05, 3.63) is 42.5 Å². The van der Waals surface area contributed by atoms with Gasteiger partial charge in [-0.1, -0.05) is 0 Å². The summed E-state index contributed by atoms with van der Waals surface area (Å²) in [6.45, 7) is 0.529. The van der Waals surface area contributed by atoms with Crippen molar-refractivity contribution in [2.45, 2.75) is 0 Å². The van der Waals surface area contributed by atoms with Gasteiger partial charge in [-0.25, -0.2) is 9.78 Å². The first-order valence-electron chi connectivity index (χ1n) is 6.85. The molecule has 8 heteroatoms. The lowest BCUT2D eigenvalue weighted by atomic mass is 10.2. The van der Waals surface area contributed by atoms with E-state index in [0.29, 0.717) is 30.4 Å². The van der Waals surface area contributed by atoms with E-state index >= 15 is 0 Å². The van der Waals surface area contributed by atoms with Crippen LogP contribution in [0.25, 0.3) is 0 Å². The molecule has 0 saturated carbocycles. The van der Waals surface area contributed by atoms with Gasteiger partial charge in [0.05, 0.1) is 6.20 Å². The van der Waals surface area contributed by atoms with Gasteiger partial charge in [-0.15, -0.1) is 0 Å². The van der Waals surface area contributed by atoms with Crippen molar-refractivity contribution in [3.63, 3.8) is 0 Å². The Morgan fingerprint density at radius 2 is 2.00 bits per heavy atom. The second kappa shape index (κ2) is 6.73. The monoisotopic (exact) mass is 315 g/mol. The maximum atomic E-state index is 11.8. The van der Waals surface area contributed by atoms with E-state index in [-0.39, 0.29) is 5.69 Å². The molecule has 3 rings (SSSR count). The zero-order chi connectivity index (χ0) is 16.1. The zero-order valence-corrected chi connectivity index (χ0v) is 12.0. The number of amides is 1. The Morgan fingerprint density at radius 1 is 1.17 bits per heavy atom. The van der Waals surface area contributed by atoms with E-state index in [1.165, 1.54) is 18.6 Å². The summed E-state index contributed by atoms with van der Waals surface area (Å²) < 4.78 is 15.7. The van der Waals surface area contributed by atoms with Crippen LogP contribution in [0.4, 0.5) is 5.69 Å². The summed E-state index contributed by atoms with van der Waals surface area (Å²) in [7, 11) is 0. The molecule has 0 radical (unpaired) electrons. The van der Waals surface area contributed by atoms with E-state index < -0.39 is 18.5 Å². The lowest BCUT2D eigenvalue weighted by molar-refractivity contribution is -0.119. The van der Waals surface area contributed by atoms with E-state index in [2.05, 4.69) is 15.3 Å². The molecule has 1 aliphatic rings. The predicted molar refractivity (Wildman–Crippen MR) is 78.4 cm³/mol. The van der Waals surface area contributed by atoms with Crippen LogP contribution >= 0.6 is 0 Å². The number of rotatable bonds is 4. The van der Waals surface area contributed by atoms with Gasteiger partial charge in [-0.05, 0) is 12.1 Å². The zero-order valence-electron chi connectivity index (χ0n) is 12.0. The molecule has 23 heavy (non-hydrogen) atoms. The standard InChI is InChI=1S/C15H13N3O5/c19-14(9-23-15(20)11-8-16-3-4-17-11)18-10-1-2-12-13(7-10)22-6-5-21-12/h1-4,7-8H,5-6,9H2,(H,18,19). The molecular weight excluding hydrogens is 302 g/mol. The predicted octanol–water partition coefficient (Wildman–Crippen LogP) is 1.04. The number of nitrogens with zero attached hydrogens (tertiary/aromatic N) is 2. The van der Waals surface area contributed by atoms with Crippen LogP contribution in [-0.2, 0) is 9.53 Å². The lowest BCUT2D eigenvalue weighted by Crippen LogP contribution is -2.21. The number of hydrogen-bond donors (Lipinski definition) is 1. The van der Waals surface area contributed by atoms with Crippen LogP contribution in [0.5, 0.6) is 11.5 Å². The summed E-state index contributed by atoms with van der Waals surface area (Å²) in [5.41, 5.74) is 0.564. The fourth-order valence-corrected chi connectivity index (χ4v) is 1.93. The van der Waals surface area contributed by atoms with E-state index in [1.54, 1.807) is 18.2 Å². The topological polar surface area (TPSA) is 99.6 Å². The lowest BCUT2D eigenvalue weighted by Gasteiger charge is -2.18. The highest BCUT2D eigenvalue weighted by Crippen LogP contribution is 2.32. The quantitative estimate of drug-likeness (QED) is 0.841. The van der Waals surface area contributed by atoms with Crippen molar-refractivity contribution in [3.8, 4) is 11.5 Å². The Kier molecular flexibility index (Phi) is 4.32. The SMILES string of the molecule is O=C(COC(=O)c1cnccn1)Nc1ccc2c(c1)OCCO2. The average molecular weight is 315 g/mol. The largest absolute Gasteiger partial charge is 0.486 e. The Morgan fingerprint density at radius 3 is 2.78 bits per heavy atom. The number of nitrogens with one attached hydrogen (secondary N) is 1. The summed E-state index contributed by atoms with van der Waals surface area (Å²) in [6.07, 6.45) is 4.07. The number of anilines is 1. The fraction of sp³-hybridized carbons (Fsp3) is 0.200. The maximum Gasteiger partial charge on any atom is 0.359 e. The Bertz CT molecular complexity index is 720. The molecule has 1 N–H and O–H groups in total. The van der Waals surface area contributed by atoms with Crippen molar-refractivity contribution in [2.24, 2.45) is 0 Å². The summed E-state index contributed by atoms with van der Waals surface area (Å²) in [6, 6.07) is 5.03. The van der Waals surface area contributed by atoms with Crippen molar-refractivity contribution in [1.29, 1.82) is 0 Å². The van der Waals surface area contributed by atoms with Gasteiger partial charge in [0, 0.05) is 24.1 Å². The Balaban J connectivity index is 1.54. The van der Waals surface area contributed by atoms with Crippen molar-refractivity contribution < 1.29 is 23.8 Å². The fourth-order valence-electron chi connectivity index (χ4n) is 1.93. The van der Waals surface area contributed by atoms with Gasteiger partial charge >= 0.3 is 5.97 Å². The molecule has 2 aromatic rings. The third-order valence-corrected chi connectivity index (χ3v) is 2.93. The summed E-state index contributed by atoms with van der Waals surface area (Å²) in [5.74, 6) is 0.00303. The highest BCUT2D eigenvalue weighted by atomic mass is 16.6. The van der Waals surface area contributed by atoms with Gasteiger partial charge in [-0.2, -0.15) is 0 Å². The van der Waals surface area contributed by atoms with Crippen LogP contribution in [0.1, 0.15) is 10.5 Å².